The van der Waals surface area contributed by atoms with E-state index in [1.54, 1.807) is 11.8 Å². The van der Waals surface area contributed by atoms with E-state index in [0.29, 0.717) is 44.2 Å². The Hall–Kier alpha value is -3.37. The lowest BCUT2D eigenvalue weighted by Crippen LogP contribution is -2.37. The molecule has 1 N–H and O–H groups in total. The molecule has 2 aromatic heterocycles. The van der Waals surface area contributed by atoms with Crippen LogP contribution in [0.15, 0.2) is 47.8 Å². The smallest absolute Gasteiger partial charge is 0.255 e. The van der Waals surface area contributed by atoms with Crippen molar-refractivity contribution in [2.45, 2.75) is 25.5 Å². The third kappa shape index (κ3) is 4.96. The fraction of sp³-hybridized carbons (Fsp3) is 0.385. The van der Waals surface area contributed by atoms with E-state index in [-0.39, 0.29) is 5.91 Å². The van der Waals surface area contributed by atoms with Crippen LogP contribution in [0.1, 0.15) is 24.2 Å². The molecule has 0 aliphatic carbocycles. The summed E-state index contributed by atoms with van der Waals surface area (Å²) in [6.07, 6.45) is 1.82. The molecule has 0 spiro atoms. The number of amides is 1. The van der Waals surface area contributed by atoms with Gasteiger partial charge in [0.15, 0.2) is 10.8 Å². The van der Waals surface area contributed by atoms with Crippen molar-refractivity contribution < 1.29 is 14.3 Å². The predicted molar refractivity (Wildman–Crippen MR) is 142 cm³/mol. The molecule has 36 heavy (non-hydrogen) atoms. The van der Waals surface area contributed by atoms with Crippen molar-refractivity contribution in [1.29, 1.82) is 0 Å². The van der Waals surface area contributed by atoms with Crippen molar-refractivity contribution in [2.75, 3.05) is 50.1 Å². The number of benzene rings is 2. The van der Waals surface area contributed by atoms with Gasteiger partial charge in [-0.1, -0.05) is 49.0 Å². The summed E-state index contributed by atoms with van der Waals surface area (Å²) in [5.41, 5.74) is 1.33. The van der Waals surface area contributed by atoms with E-state index in [4.69, 9.17) is 19.4 Å². The van der Waals surface area contributed by atoms with E-state index in [0.717, 1.165) is 51.6 Å². The number of carbonyl (C=O) groups is 1. The van der Waals surface area contributed by atoms with Crippen LogP contribution in [-0.2, 0) is 11.3 Å². The lowest BCUT2D eigenvalue weighted by molar-refractivity contribution is 0.0950. The predicted octanol–water partition coefficient (Wildman–Crippen LogP) is 3.76. The summed E-state index contributed by atoms with van der Waals surface area (Å²) in [7, 11) is 0. The second-order valence-electron chi connectivity index (χ2n) is 8.32. The zero-order valence-electron chi connectivity index (χ0n) is 20.6. The molecule has 4 aromatic rings. The van der Waals surface area contributed by atoms with E-state index in [2.05, 4.69) is 22.2 Å². The minimum atomic E-state index is -0.169. The molecule has 0 saturated carbocycles. The molecule has 1 fully saturated rings. The molecule has 1 aliphatic heterocycles. The van der Waals surface area contributed by atoms with Crippen LogP contribution in [0.2, 0.25) is 0 Å². The molecule has 2 aromatic carbocycles. The van der Waals surface area contributed by atoms with E-state index in [9.17, 15) is 4.79 Å². The minimum Gasteiger partial charge on any atom is -0.493 e. The standard InChI is InChI=1S/C26H30N6O3S/c1-3-35-21-10-9-18-7-5-6-8-19(18)22(21)25(33)27-11-12-32-24-20(17-28-32)23(29-26(30-24)36-4-2)31-13-15-34-16-14-31/h5-10,17H,3-4,11-16H2,1-2H3,(H,27,33). The van der Waals surface area contributed by atoms with Gasteiger partial charge in [0, 0.05) is 19.6 Å². The summed E-state index contributed by atoms with van der Waals surface area (Å²) >= 11 is 1.61. The average molecular weight is 507 g/mol. The molecule has 0 unspecified atom stereocenters. The second-order valence-corrected chi connectivity index (χ2v) is 9.55. The first kappa shape index (κ1) is 24.3. The number of aromatic nitrogens is 4. The van der Waals surface area contributed by atoms with Gasteiger partial charge in [-0.3, -0.25) is 4.79 Å². The highest BCUT2D eigenvalue weighted by Crippen LogP contribution is 2.29. The fourth-order valence-corrected chi connectivity index (χ4v) is 4.98. The Labute approximate surface area is 214 Å². The van der Waals surface area contributed by atoms with E-state index in [1.165, 1.54) is 0 Å². The average Bonchev–Trinajstić information content (AvgIpc) is 3.31. The summed E-state index contributed by atoms with van der Waals surface area (Å²) in [6.45, 7) is 8.31. The Kier molecular flexibility index (Phi) is 7.52. The number of hydrogen-bond acceptors (Lipinski definition) is 8. The molecular weight excluding hydrogens is 476 g/mol. The number of morpholine rings is 1. The Morgan fingerprint density at radius 2 is 1.94 bits per heavy atom. The molecule has 1 aliphatic rings. The first-order valence-electron chi connectivity index (χ1n) is 12.3. The summed E-state index contributed by atoms with van der Waals surface area (Å²) in [5.74, 6) is 2.19. The SMILES string of the molecule is CCOc1ccc2ccccc2c1C(=O)NCCn1ncc2c(N3CCOCC3)nc(SCC)nc21. The topological polar surface area (TPSA) is 94.4 Å². The maximum absolute atomic E-state index is 13.3. The van der Waals surface area contributed by atoms with Gasteiger partial charge in [0.25, 0.3) is 5.91 Å². The third-order valence-corrected chi connectivity index (χ3v) is 6.80. The monoisotopic (exact) mass is 506 g/mol. The van der Waals surface area contributed by atoms with Crippen LogP contribution < -0.4 is 15.0 Å². The maximum Gasteiger partial charge on any atom is 0.255 e. The number of fused-ring (bicyclic) bond motifs is 2. The van der Waals surface area contributed by atoms with Gasteiger partial charge < -0.3 is 19.7 Å². The van der Waals surface area contributed by atoms with Gasteiger partial charge in [-0.2, -0.15) is 5.10 Å². The van der Waals surface area contributed by atoms with Gasteiger partial charge in [-0.05, 0) is 29.5 Å². The number of nitrogens with one attached hydrogen (secondary N) is 1. The fourth-order valence-electron chi connectivity index (χ4n) is 4.42. The highest BCUT2D eigenvalue weighted by molar-refractivity contribution is 7.99. The van der Waals surface area contributed by atoms with Crippen molar-refractivity contribution >= 4 is 45.3 Å². The van der Waals surface area contributed by atoms with E-state index < -0.39 is 0 Å². The molecule has 0 atom stereocenters. The van der Waals surface area contributed by atoms with Crippen molar-refractivity contribution in [3.05, 3.63) is 48.2 Å². The molecular formula is C26H30N6O3S. The van der Waals surface area contributed by atoms with Crippen LogP contribution in [0.25, 0.3) is 21.8 Å². The molecule has 188 valence electrons. The number of anilines is 1. The van der Waals surface area contributed by atoms with Crippen LogP contribution in [-0.4, -0.2) is 70.9 Å². The number of nitrogens with zero attached hydrogens (tertiary/aromatic N) is 5. The maximum atomic E-state index is 13.3. The zero-order valence-corrected chi connectivity index (χ0v) is 21.4. The van der Waals surface area contributed by atoms with Gasteiger partial charge in [0.2, 0.25) is 0 Å². The molecule has 10 heteroatoms. The van der Waals surface area contributed by atoms with Crippen molar-refractivity contribution in [1.82, 2.24) is 25.1 Å². The molecule has 1 amide bonds. The van der Waals surface area contributed by atoms with Gasteiger partial charge in [0.05, 0.1) is 43.5 Å². The first-order chi connectivity index (χ1) is 17.7. The molecule has 0 radical (unpaired) electrons. The summed E-state index contributed by atoms with van der Waals surface area (Å²) in [6, 6.07) is 11.7. The zero-order chi connectivity index (χ0) is 24.9. The largest absolute Gasteiger partial charge is 0.493 e. The Balaban J connectivity index is 1.38. The Morgan fingerprint density at radius 3 is 2.75 bits per heavy atom. The summed E-state index contributed by atoms with van der Waals surface area (Å²) in [5, 5.41) is 11.2. The van der Waals surface area contributed by atoms with Crippen molar-refractivity contribution in [2.24, 2.45) is 0 Å². The molecule has 0 bridgehead atoms. The first-order valence-corrected chi connectivity index (χ1v) is 13.3. The quantitative estimate of drug-likeness (QED) is 0.271. The van der Waals surface area contributed by atoms with Crippen LogP contribution in [0.5, 0.6) is 5.75 Å². The Morgan fingerprint density at radius 1 is 1.11 bits per heavy atom. The van der Waals surface area contributed by atoms with Crippen LogP contribution >= 0.6 is 11.8 Å². The number of thioether (sulfide) groups is 1. The summed E-state index contributed by atoms with van der Waals surface area (Å²) < 4.78 is 13.1. The number of hydrogen-bond donors (Lipinski definition) is 1. The van der Waals surface area contributed by atoms with E-state index >= 15 is 0 Å². The highest BCUT2D eigenvalue weighted by atomic mass is 32.2. The van der Waals surface area contributed by atoms with Gasteiger partial charge in [-0.25, -0.2) is 14.6 Å². The number of rotatable bonds is 9. The van der Waals surface area contributed by atoms with E-state index in [1.807, 2.05) is 54.2 Å². The van der Waals surface area contributed by atoms with Crippen LogP contribution in [0, 0.1) is 0 Å². The second kappa shape index (κ2) is 11.1. The summed E-state index contributed by atoms with van der Waals surface area (Å²) in [4.78, 5) is 25.1. The minimum absolute atomic E-state index is 0.169. The highest BCUT2D eigenvalue weighted by Gasteiger charge is 2.21. The molecule has 3 heterocycles. The molecule has 1 saturated heterocycles. The van der Waals surface area contributed by atoms with Gasteiger partial charge >= 0.3 is 0 Å². The molecule has 5 rings (SSSR count). The lowest BCUT2D eigenvalue weighted by Gasteiger charge is -2.28. The van der Waals surface area contributed by atoms with Crippen LogP contribution in [0.4, 0.5) is 5.82 Å². The van der Waals surface area contributed by atoms with Gasteiger partial charge in [0.1, 0.15) is 11.6 Å². The third-order valence-electron chi connectivity index (χ3n) is 6.07. The number of ether oxygens (including phenoxy) is 2. The van der Waals surface area contributed by atoms with Crippen molar-refractivity contribution in [3.63, 3.8) is 0 Å². The van der Waals surface area contributed by atoms with Crippen molar-refractivity contribution in [3.8, 4) is 5.75 Å². The lowest BCUT2D eigenvalue weighted by atomic mass is 10.0. The molecule has 9 nitrogen and oxygen atoms in total. The normalized spacial score (nSPS) is 13.9. The van der Waals surface area contributed by atoms with Crippen LogP contribution in [0.3, 0.4) is 0 Å². The Bertz CT molecular complexity index is 1370. The van der Waals surface area contributed by atoms with Gasteiger partial charge in [-0.15, -0.1) is 0 Å². The number of carbonyl (C=O) groups excluding carboxylic acids is 1.